The van der Waals surface area contributed by atoms with Gasteiger partial charge in [0.2, 0.25) is 0 Å². The first-order valence-electron chi connectivity index (χ1n) is 6.28. The van der Waals surface area contributed by atoms with Gasteiger partial charge in [0.05, 0.1) is 0 Å². The number of thiophene rings is 1. The first-order chi connectivity index (χ1) is 7.92. The zero-order valence-corrected chi connectivity index (χ0v) is 10.3. The SMILES string of the molecule is c1cc(NC2CCC3COCCC3C2)cs1. The highest BCUT2D eigenvalue weighted by atomic mass is 32.1. The molecule has 2 fully saturated rings. The van der Waals surface area contributed by atoms with E-state index in [0.717, 1.165) is 25.0 Å². The lowest BCUT2D eigenvalue weighted by molar-refractivity contribution is -0.00362. The molecular formula is C13H19NOS. The Morgan fingerprint density at radius 1 is 1.25 bits per heavy atom. The summed E-state index contributed by atoms with van der Waals surface area (Å²) >= 11 is 1.77. The molecule has 1 N–H and O–H groups in total. The van der Waals surface area contributed by atoms with Crippen molar-refractivity contribution in [2.24, 2.45) is 11.8 Å². The molecule has 88 valence electrons. The molecule has 0 bridgehead atoms. The Morgan fingerprint density at radius 2 is 2.25 bits per heavy atom. The molecule has 0 spiro atoms. The second-order valence-corrected chi connectivity index (χ2v) is 5.83. The fourth-order valence-corrected chi connectivity index (χ4v) is 3.68. The van der Waals surface area contributed by atoms with Crippen LogP contribution in [0, 0.1) is 11.8 Å². The number of ether oxygens (including phenoxy) is 1. The van der Waals surface area contributed by atoms with Crippen LogP contribution in [0.2, 0.25) is 0 Å². The lowest BCUT2D eigenvalue weighted by Gasteiger charge is -2.39. The van der Waals surface area contributed by atoms with Crippen molar-refractivity contribution < 1.29 is 4.74 Å². The highest BCUT2D eigenvalue weighted by molar-refractivity contribution is 7.08. The van der Waals surface area contributed by atoms with Crippen LogP contribution in [0.15, 0.2) is 16.8 Å². The van der Waals surface area contributed by atoms with Crippen LogP contribution < -0.4 is 5.32 Å². The molecule has 1 aliphatic heterocycles. The molecule has 1 saturated carbocycles. The van der Waals surface area contributed by atoms with Crippen LogP contribution in [0.25, 0.3) is 0 Å². The van der Waals surface area contributed by atoms with E-state index in [1.807, 2.05) is 0 Å². The molecule has 16 heavy (non-hydrogen) atoms. The molecule has 2 nitrogen and oxygen atoms in total. The van der Waals surface area contributed by atoms with Crippen LogP contribution in [0.5, 0.6) is 0 Å². The molecule has 3 unspecified atom stereocenters. The van der Waals surface area contributed by atoms with Gasteiger partial charge in [0.25, 0.3) is 0 Å². The van der Waals surface area contributed by atoms with Gasteiger partial charge in [-0.05, 0) is 49.0 Å². The standard InChI is InChI=1S/C13H19NOS/c1-2-12(14-13-4-6-16-9-13)7-10-3-5-15-8-11(1)10/h4,6,9-12,14H,1-3,5,7-8H2. The van der Waals surface area contributed by atoms with Gasteiger partial charge >= 0.3 is 0 Å². The number of rotatable bonds is 2. The van der Waals surface area contributed by atoms with Crippen molar-refractivity contribution in [3.63, 3.8) is 0 Å². The average Bonchev–Trinajstić information content (AvgIpc) is 2.82. The normalized spacial score (nSPS) is 34.4. The quantitative estimate of drug-likeness (QED) is 0.851. The summed E-state index contributed by atoms with van der Waals surface area (Å²) in [5, 5.41) is 8.01. The van der Waals surface area contributed by atoms with E-state index in [0.29, 0.717) is 6.04 Å². The maximum absolute atomic E-state index is 5.56. The van der Waals surface area contributed by atoms with Gasteiger partial charge in [-0.25, -0.2) is 0 Å². The summed E-state index contributed by atoms with van der Waals surface area (Å²) in [5.74, 6) is 1.74. The van der Waals surface area contributed by atoms with Gasteiger partial charge in [-0.2, -0.15) is 11.3 Å². The minimum Gasteiger partial charge on any atom is -0.382 e. The number of hydrogen-bond donors (Lipinski definition) is 1. The summed E-state index contributed by atoms with van der Waals surface area (Å²) in [4.78, 5) is 0. The second-order valence-electron chi connectivity index (χ2n) is 5.05. The molecule has 1 aromatic heterocycles. The Balaban J connectivity index is 1.58. The molecule has 3 rings (SSSR count). The largest absolute Gasteiger partial charge is 0.382 e. The molecule has 0 aromatic carbocycles. The molecule has 1 aliphatic carbocycles. The van der Waals surface area contributed by atoms with Gasteiger partial charge in [-0.3, -0.25) is 0 Å². The Bertz CT molecular complexity index is 325. The summed E-state index contributed by atoms with van der Waals surface area (Å²) in [7, 11) is 0. The third kappa shape index (κ3) is 2.25. The Kier molecular flexibility index (Phi) is 3.15. The van der Waals surface area contributed by atoms with Gasteiger partial charge < -0.3 is 10.1 Å². The zero-order chi connectivity index (χ0) is 10.8. The topological polar surface area (TPSA) is 21.3 Å². The van der Waals surface area contributed by atoms with E-state index in [2.05, 4.69) is 22.1 Å². The van der Waals surface area contributed by atoms with Crippen molar-refractivity contribution in [2.45, 2.75) is 31.7 Å². The average molecular weight is 237 g/mol. The molecule has 0 amide bonds. The van der Waals surface area contributed by atoms with Crippen LogP contribution in [0.3, 0.4) is 0 Å². The number of nitrogens with one attached hydrogen (secondary N) is 1. The Labute approximate surface area is 101 Å². The first-order valence-corrected chi connectivity index (χ1v) is 7.22. The number of anilines is 1. The van der Waals surface area contributed by atoms with Gasteiger partial charge in [-0.15, -0.1) is 0 Å². The van der Waals surface area contributed by atoms with Crippen molar-refractivity contribution in [1.82, 2.24) is 0 Å². The molecule has 3 atom stereocenters. The van der Waals surface area contributed by atoms with Crippen molar-refractivity contribution in [3.05, 3.63) is 16.8 Å². The maximum Gasteiger partial charge on any atom is 0.0496 e. The number of fused-ring (bicyclic) bond motifs is 1. The maximum atomic E-state index is 5.56. The van der Waals surface area contributed by atoms with Crippen LogP contribution in [-0.2, 0) is 4.74 Å². The van der Waals surface area contributed by atoms with E-state index in [4.69, 9.17) is 4.74 Å². The van der Waals surface area contributed by atoms with E-state index in [-0.39, 0.29) is 0 Å². The number of hydrogen-bond acceptors (Lipinski definition) is 3. The van der Waals surface area contributed by atoms with E-state index >= 15 is 0 Å². The van der Waals surface area contributed by atoms with Gasteiger partial charge in [-0.1, -0.05) is 0 Å². The van der Waals surface area contributed by atoms with E-state index < -0.39 is 0 Å². The minimum atomic E-state index is 0.689. The van der Waals surface area contributed by atoms with Gasteiger partial charge in [0.15, 0.2) is 0 Å². The molecule has 2 heterocycles. The van der Waals surface area contributed by atoms with Crippen LogP contribution in [0.4, 0.5) is 5.69 Å². The van der Waals surface area contributed by atoms with E-state index in [1.54, 1.807) is 11.3 Å². The fraction of sp³-hybridized carbons (Fsp3) is 0.692. The second kappa shape index (κ2) is 4.76. The Morgan fingerprint density at radius 3 is 3.12 bits per heavy atom. The van der Waals surface area contributed by atoms with Gasteiger partial charge in [0, 0.05) is 30.3 Å². The van der Waals surface area contributed by atoms with E-state index in [1.165, 1.54) is 31.4 Å². The molecule has 1 aromatic rings. The van der Waals surface area contributed by atoms with Crippen molar-refractivity contribution in [1.29, 1.82) is 0 Å². The highest BCUT2D eigenvalue weighted by Crippen LogP contribution is 2.36. The summed E-state index contributed by atoms with van der Waals surface area (Å²) in [5.41, 5.74) is 1.31. The summed E-state index contributed by atoms with van der Waals surface area (Å²) in [6.07, 6.45) is 5.25. The smallest absolute Gasteiger partial charge is 0.0496 e. The molecular weight excluding hydrogens is 218 g/mol. The molecule has 3 heteroatoms. The van der Waals surface area contributed by atoms with Crippen molar-refractivity contribution >= 4 is 17.0 Å². The lowest BCUT2D eigenvalue weighted by Crippen LogP contribution is -2.37. The predicted molar refractivity (Wildman–Crippen MR) is 68.0 cm³/mol. The molecule has 0 radical (unpaired) electrons. The monoisotopic (exact) mass is 237 g/mol. The fourth-order valence-electron chi connectivity index (χ4n) is 3.08. The first kappa shape index (κ1) is 10.6. The lowest BCUT2D eigenvalue weighted by atomic mass is 9.75. The summed E-state index contributed by atoms with van der Waals surface area (Å²) in [6, 6.07) is 2.87. The zero-order valence-electron chi connectivity index (χ0n) is 9.52. The molecule has 1 saturated heterocycles. The summed E-state index contributed by atoms with van der Waals surface area (Å²) < 4.78 is 5.56. The van der Waals surface area contributed by atoms with E-state index in [9.17, 15) is 0 Å². The minimum absolute atomic E-state index is 0.689. The van der Waals surface area contributed by atoms with Gasteiger partial charge in [0.1, 0.15) is 0 Å². The third-order valence-corrected chi connectivity index (χ3v) is 4.68. The van der Waals surface area contributed by atoms with Crippen molar-refractivity contribution in [3.8, 4) is 0 Å². The summed E-state index contributed by atoms with van der Waals surface area (Å²) in [6.45, 7) is 1.99. The van der Waals surface area contributed by atoms with Crippen LogP contribution in [0.1, 0.15) is 25.7 Å². The Hall–Kier alpha value is -0.540. The van der Waals surface area contributed by atoms with Crippen molar-refractivity contribution in [2.75, 3.05) is 18.5 Å². The molecule has 2 aliphatic rings. The predicted octanol–water partition coefficient (Wildman–Crippen LogP) is 3.37. The highest BCUT2D eigenvalue weighted by Gasteiger charge is 2.32. The van der Waals surface area contributed by atoms with Crippen LogP contribution in [-0.4, -0.2) is 19.3 Å². The third-order valence-electron chi connectivity index (χ3n) is 4.00. The van der Waals surface area contributed by atoms with Crippen LogP contribution >= 0.6 is 11.3 Å².